The van der Waals surface area contributed by atoms with Crippen molar-refractivity contribution in [3.05, 3.63) is 53.6 Å². The number of hydrogen-bond donors (Lipinski definition) is 1. The van der Waals surface area contributed by atoms with Crippen molar-refractivity contribution >= 4 is 11.4 Å². The van der Waals surface area contributed by atoms with E-state index in [0.29, 0.717) is 0 Å². The molecule has 0 aromatic heterocycles. The van der Waals surface area contributed by atoms with Gasteiger partial charge in [0.25, 0.3) is 0 Å². The Morgan fingerprint density at radius 2 is 2.05 bits per heavy atom. The molecule has 2 aromatic rings. The minimum atomic E-state index is 0.741. The van der Waals surface area contributed by atoms with Crippen molar-refractivity contribution in [2.24, 2.45) is 0 Å². The van der Waals surface area contributed by atoms with Gasteiger partial charge in [-0.15, -0.1) is 0 Å². The summed E-state index contributed by atoms with van der Waals surface area (Å²) in [5.74, 6) is 0.973. The molecule has 0 atom stereocenters. The number of benzene rings is 2. The molecule has 19 heavy (non-hydrogen) atoms. The summed E-state index contributed by atoms with van der Waals surface area (Å²) in [6.07, 6.45) is 0. The summed E-state index contributed by atoms with van der Waals surface area (Å²) < 4.78 is 5.67. The highest BCUT2D eigenvalue weighted by Gasteiger charge is 2.17. The van der Waals surface area contributed by atoms with Crippen molar-refractivity contribution in [3.63, 3.8) is 0 Å². The van der Waals surface area contributed by atoms with Crippen LogP contribution in [0.15, 0.2) is 42.5 Å². The van der Waals surface area contributed by atoms with Gasteiger partial charge in [0.15, 0.2) is 0 Å². The van der Waals surface area contributed by atoms with Crippen LogP contribution in [-0.2, 0) is 6.54 Å². The number of para-hydroxylation sites is 2. The first kappa shape index (κ1) is 11.9. The standard InChI is InChI=1S/C16H18N2O/c1-12-10-13(6-7-14(12)17)11-18-8-9-19-16-5-3-2-4-15(16)18/h2-7,10H,8-9,11,17H2,1H3. The Balaban J connectivity index is 1.86. The minimum absolute atomic E-state index is 0.741. The van der Waals surface area contributed by atoms with E-state index in [9.17, 15) is 0 Å². The van der Waals surface area contributed by atoms with Crippen LogP contribution in [0.2, 0.25) is 0 Å². The molecule has 98 valence electrons. The molecule has 3 rings (SSSR count). The molecule has 0 saturated carbocycles. The van der Waals surface area contributed by atoms with Gasteiger partial charge in [-0.25, -0.2) is 0 Å². The van der Waals surface area contributed by atoms with E-state index in [0.717, 1.165) is 36.7 Å². The van der Waals surface area contributed by atoms with Gasteiger partial charge >= 0.3 is 0 Å². The highest BCUT2D eigenvalue weighted by molar-refractivity contribution is 5.60. The second kappa shape index (κ2) is 4.84. The monoisotopic (exact) mass is 254 g/mol. The number of aryl methyl sites for hydroxylation is 1. The van der Waals surface area contributed by atoms with Crippen molar-refractivity contribution in [2.75, 3.05) is 23.8 Å². The second-order valence-corrected chi connectivity index (χ2v) is 4.93. The maximum Gasteiger partial charge on any atom is 0.142 e. The molecule has 0 saturated heterocycles. The predicted molar refractivity (Wildman–Crippen MR) is 78.6 cm³/mol. The second-order valence-electron chi connectivity index (χ2n) is 4.93. The quantitative estimate of drug-likeness (QED) is 0.837. The van der Waals surface area contributed by atoms with Crippen molar-refractivity contribution in [1.29, 1.82) is 0 Å². The number of hydrogen-bond acceptors (Lipinski definition) is 3. The molecule has 1 aliphatic heterocycles. The first-order chi connectivity index (χ1) is 9.24. The van der Waals surface area contributed by atoms with Crippen LogP contribution in [0.5, 0.6) is 5.75 Å². The van der Waals surface area contributed by atoms with E-state index in [2.05, 4.69) is 29.2 Å². The van der Waals surface area contributed by atoms with Gasteiger partial charge in [0.1, 0.15) is 12.4 Å². The fraction of sp³-hybridized carbons (Fsp3) is 0.250. The molecule has 2 N–H and O–H groups in total. The van der Waals surface area contributed by atoms with Crippen LogP contribution in [0.1, 0.15) is 11.1 Å². The number of rotatable bonds is 2. The van der Waals surface area contributed by atoms with E-state index in [-0.39, 0.29) is 0 Å². The lowest BCUT2D eigenvalue weighted by Crippen LogP contribution is -2.32. The fourth-order valence-electron chi connectivity index (χ4n) is 2.45. The number of ether oxygens (including phenoxy) is 1. The topological polar surface area (TPSA) is 38.5 Å². The van der Waals surface area contributed by atoms with Gasteiger partial charge in [0.05, 0.1) is 12.2 Å². The van der Waals surface area contributed by atoms with Gasteiger partial charge < -0.3 is 15.4 Å². The summed E-state index contributed by atoms with van der Waals surface area (Å²) >= 11 is 0. The Hall–Kier alpha value is -2.16. The third kappa shape index (κ3) is 2.36. The normalized spacial score (nSPS) is 13.8. The molecule has 0 radical (unpaired) electrons. The molecule has 0 amide bonds. The summed E-state index contributed by atoms with van der Waals surface area (Å²) in [7, 11) is 0. The van der Waals surface area contributed by atoms with Crippen LogP contribution in [-0.4, -0.2) is 13.2 Å². The van der Waals surface area contributed by atoms with E-state index in [1.165, 1.54) is 11.3 Å². The van der Waals surface area contributed by atoms with Crippen molar-refractivity contribution in [1.82, 2.24) is 0 Å². The van der Waals surface area contributed by atoms with E-state index < -0.39 is 0 Å². The Morgan fingerprint density at radius 3 is 2.89 bits per heavy atom. The van der Waals surface area contributed by atoms with E-state index in [1.807, 2.05) is 25.1 Å². The molecule has 1 heterocycles. The Bertz CT molecular complexity index is 595. The summed E-state index contributed by atoms with van der Waals surface area (Å²) in [6.45, 7) is 4.60. The number of nitrogens with zero attached hydrogens (tertiary/aromatic N) is 1. The van der Waals surface area contributed by atoms with Gasteiger partial charge in [-0.3, -0.25) is 0 Å². The molecular weight excluding hydrogens is 236 g/mol. The third-order valence-electron chi connectivity index (χ3n) is 3.53. The summed E-state index contributed by atoms with van der Waals surface area (Å²) in [6, 6.07) is 14.4. The zero-order valence-electron chi connectivity index (χ0n) is 11.1. The van der Waals surface area contributed by atoms with E-state index >= 15 is 0 Å². The zero-order valence-corrected chi connectivity index (χ0v) is 11.1. The highest BCUT2D eigenvalue weighted by Crippen LogP contribution is 2.32. The average molecular weight is 254 g/mol. The molecular formula is C16H18N2O. The lowest BCUT2D eigenvalue weighted by molar-refractivity contribution is 0.307. The largest absolute Gasteiger partial charge is 0.490 e. The molecule has 0 spiro atoms. The molecule has 0 unspecified atom stereocenters. The lowest BCUT2D eigenvalue weighted by atomic mass is 10.1. The van der Waals surface area contributed by atoms with Gasteiger partial charge in [-0.1, -0.05) is 24.3 Å². The van der Waals surface area contributed by atoms with Gasteiger partial charge in [-0.05, 0) is 36.2 Å². The van der Waals surface area contributed by atoms with Crippen molar-refractivity contribution in [2.45, 2.75) is 13.5 Å². The Kier molecular flexibility index (Phi) is 3.03. The summed E-state index contributed by atoms with van der Waals surface area (Å²) in [5, 5.41) is 0. The predicted octanol–water partition coefficient (Wildman–Crippen LogP) is 2.98. The number of nitrogens with two attached hydrogens (primary N) is 1. The van der Waals surface area contributed by atoms with Crippen LogP contribution in [0.25, 0.3) is 0 Å². The number of fused-ring (bicyclic) bond motifs is 1. The maximum absolute atomic E-state index is 5.86. The summed E-state index contributed by atoms with van der Waals surface area (Å²) in [4.78, 5) is 2.35. The van der Waals surface area contributed by atoms with Crippen LogP contribution >= 0.6 is 0 Å². The minimum Gasteiger partial charge on any atom is -0.490 e. The Morgan fingerprint density at radius 1 is 1.21 bits per heavy atom. The first-order valence-electron chi connectivity index (χ1n) is 6.56. The third-order valence-corrected chi connectivity index (χ3v) is 3.53. The average Bonchev–Trinajstić information content (AvgIpc) is 2.43. The molecule has 3 nitrogen and oxygen atoms in total. The van der Waals surface area contributed by atoms with Crippen LogP contribution in [0.4, 0.5) is 11.4 Å². The smallest absolute Gasteiger partial charge is 0.142 e. The number of anilines is 2. The van der Waals surface area contributed by atoms with Crippen LogP contribution in [0, 0.1) is 6.92 Å². The highest BCUT2D eigenvalue weighted by atomic mass is 16.5. The summed E-state index contributed by atoms with van der Waals surface area (Å²) in [5.41, 5.74) is 10.3. The molecule has 0 fully saturated rings. The van der Waals surface area contributed by atoms with E-state index in [4.69, 9.17) is 10.5 Å². The van der Waals surface area contributed by atoms with Crippen molar-refractivity contribution < 1.29 is 4.74 Å². The maximum atomic E-state index is 5.86. The SMILES string of the molecule is Cc1cc(CN2CCOc3ccccc32)ccc1N. The molecule has 0 aliphatic carbocycles. The molecule has 2 aromatic carbocycles. The first-order valence-corrected chi connectivity index (χ1v) is 6.56. The Labute approximate surface area is 113 Å². The van der Waals surface area contributed by atoms with Crippen molar-refractivity contribution in [3.8, 4) is 5.75 Å². The van der Waals surface area contributed by atoms with Crippen LogP contribution in [0.3, 0.4) is 0 Å². The molecule has 3 heteroatoms. The molecule has 0 bridgehead atoms. The molecule has 1 aliphatic rings. The van der Waals surface area contributed by atoms with Gasteiger partial charge in [0, 0.05) is 12.2 Å². The van der Waals surface area contributed by atoms with E-state index in [1.54, 1.807) is 0 Å². The zero-order chi connectivity index (χ0) is 13.2. The van der Waals surface area contributed by atoms with Gasteiger partial charge in [-0.2, -0.15) is 0 Å². The van der Waals surface area contributed by atoms with Crippen LogP contribution < -0.4 is 15.4 Å². The fourth-order valence-corrected chi connectivity index (χ4v) is 2.45. The van der Waals surface area contributed by atoms with Gasteiger partial charge in [0.2, 0.25) is 0 Å². The number of nitrogen functional groups attached to an aromatic ring is 1. The lowest BCUT2D eigenvalue weighted by Gasteiger charge is -2.31.